The van der Waals surface area contributed by atoms with E-state index in [-0.39, 0.29) is 24.0 Å². The zero-order valence-electron chi connectivity index (χ0n) is 31.4. The summed E-state index contributed by atoms with van der Waals surface area (Å²) in [5.41, 5.74) is 26.3. The molecule has 0 fully saturated rings. The number of halogens is 2. The molecule has 57 heavy (non-hydrogen) atoms. The first-order valence-corrected chi connectivity index (χ1v) is 18.3. The van der Waals surface area contributed by atoms with Gasteiger partial charge >= 0.3 is 0 Å². The summed E-state index contributed by atoms with van der Waals surface area (Å²) in [6, 6.07) is 26.4. The number of hydrogen-bond acceptors (Lipinski definition) is 13. The second-order valence-corrected chi connectivity index (χ2v) is 13.5. The van der Waals surface area contributed by atoms with Gasteiger partial charge in [-0.1, -0.05) is 5.92 Å². The quantitative estimate of drug-likeness (QED) is 0.0418. The average molecular weight is 984 g/mol. The van der Waals surface area contributed by atoms with Crippen LogP contribution >= 0.6 is 46.6 Å². The van der Waals surface area contributed by atoms with Crippen LogP contribution in [0.3, 0.4) is 0 Å². The van der Waals surface area contributed by atoms with E-state index in [1.807, 2.05) is 100 Å². The van der Waals surface area contributed by atoms with E-state index >= 15 is 0 Å². The lowest BCUT2D eigenvalue weighted by atomic mass is 10.2. The Morgan fingerprint density at radius 1 is 0.561 bits per heavy atom. The molecule has 288 valence electrons. The van der Waals surface area contributed by atoms with E-state index in [1.165, 1.54) is 12.7 Å². The highest BCUT2D eigenvalue weighted by Crippen LogP contribution is 2.31. The van der Waals surface area contributed by atoms with Crippen LogP contribution in [0.5, 0.6) is 23.0 Å². The van der Waals surface area contributed by atoms with Gasteiger partial charge in [0, 0.05) is 34.0 Å². The van der Waals surface area contributed by atoms with E-state index in [0.717, 1.165) is 51.0 Å². The minimum absolute atomic E-state index is 0. The molecule has 0 amide bonds. The Morgan fingerprint density at radius 3 is 1.56 bits per heavy atom. The molecule has 0 aliphatic heterocycles. The number of nitrogens with two attached hydrogens (primary N) is 3. The van der Waals surface area contributed by atoms with Gasteiger partial charge in [-0.2, -0.15) is 0 Å². The van der Waals surface area contributed by atoms with Gasteiger partial charge in [-0.05, 0) is 152 Å². The summed E-state index contributed by atoms with van der Waals surface area (Å²) in [7, 11) is 0. The van der Waals surface area contributed by atoms with Gasteiger partial charge in [-0.3, -0.25) is 9.97 Å². The average Bonchev–Trinajstić information content (AvgIpc) is 3.18. The number of rotatable bonds is 8. The Hall–Kier alpha value is -6.26. The summed E-state index contributed by atoms with van der Waals surface area (Å²) in [6.07, 6.45) is 6.33. The Bertz CT molecular complexity index is 2530. The Labute approximate surface area is 361 Å². The summed E-state index contributed by atoms with van der Waals surface area (Å²) in [4.78, 5) is 25.2. The molecule has 0 saturated carbocycles. The second-order valence-electron chi connectivity index (χ2n) is 12.5. The molecule has 0 atom stereocenters. The van der Waals surface area contributed by atoms with E-state index in [1.54, 1.807) is 24.5 Å². The maximum absolute atomic E-state index is 6.26. The van der Waals surface area contributed by atoms with Crippen molar-refractivity contribution in [3.8, 4) is 34.8 Å². The second kappa shape index (κ2) is 19.6. The number of hydrogen-bond donors (Lipinski definition) is 5. The highest BCUT2D eigenvalue weighted by molar-refractivity contribution is 14.1. The molecule has 0 saturated heterocycles. The first kappa shape index (κ1) is 41.9. The van der Waals surface area contributed by atoms with Gasteiger partial charge in [0.2, 0.25) is 0 Å². The standard InChI is InChI=1S/C25H22N6O.C17H16IN5O.HI/c1-16-13-20(9-12-23(16)32-21-10-3-17(2)28-14-21)31-25-24(27)22(29-15-30-25)11-6-18-4-7-19(26)8-5-18;1-10-7-12(23-17-15(19)16(18)21-9-22-17)4-6-14(10)24-13-5-3-11(2)20-8-13;/h3-5,7-10,12-15H,26-27H2,1-2H3,(H,29,30,31);3-9H,19H2,1-2H3,(H,21,22,23);1H. The maximum atomic E-state index is 6.26. The molecule has 8 N–H and O–H groups in total. The largest absolute Gasteiger partial charge is 0.455 e. The molecule has 3 aromatic carbocycles. The van der Waals surface area contributed by atoms with Crippen LogP contribution in [0.1, 0.15) is 33.8 Å². The lowest BCUT2D eigenvalue weighted by molar-refractivity contribution is 0.476. The number of aryl methyl sites for hydroxylation is 4. The summed E-state index contributed by atoms with van der Waals surface area (Å²) in [5.74, 6) is 10.0. The molecule has 0 spiro atoms. The van der Waals surface area contributed by atoms with Crippen molar-refractivity contribution in [3.63, 3.8) is 0 Å². The zero-order chi connectivity index (χ0) is 39.6. The van der Waals surface area contributed by atoms with Crippen LogP contribution in [0.4, 0.5) is 40.1 Å². The number of anilines is 7. The number of aromatic nitrogens is 6. The minimum Gasteiger partial charge on any atom is -0.455 e. The van der Waals surface area contributed by atoms with Crippen molar-refractivity contribution in [1.82, 2.24) is 29.9 Å². The molecule has 4 heterocycles. The summed E-state index contributed by atoms with van der Waals surface area (Å²) >= 11 is 2.08. The molecule has 13 nitrogen and oxygen atoms in total. The normalized spacial score (nSPS) is 10.1. The van der Waals surface area contributed by atoms with Crippen molar-refractivity contribution in [2.24, 2.45) is 0 Å². The van der Waals surface area contributed by atoms with Gasteiger partial charge < -0.3 is 37.3 Å². The fraction of sp³-hybridized carbons (Fsp3) is 0.0952. The molecular weight excluding hydrogens is 944 g/mol. The van der Waals surface area contributed by atoms with Crippen molar-refractivity contribution in [2.75, 3.05) is 27.8 Å². The summed E-state index contributed by atoms with van der Waals surface area (Å²) in [6.45, 7) is 7.82. The third-order valence-corrected chi connectivity index (χ3v) is 8.91. The van der Waals surface area contributed by atoms with Crippen LogP contribution in [0, 0.1) is 43.2 Å². The number of pyridine rings is 2. The lowest BCUT2D eigenvalue weighted by Gasteiger charge is -2.12. The van der Waals surface area contributed by atoms with Crippen LogP contribution in [0.15, 0.2) is 110 Å². The van der Waals surface area contributed by atoms with Gasteiger partial charge in [-0.25, -0.2) is 19.9 Å². The number of nitrogen functional groups attached to an aromatic ring is 3. The van der Waals surface area contributed by atoms with Gasteiger partial charge in [0.05, 0.1) is 12.4 Å². The third-order valence-electron chi connectivity index (χ3n) is 8.05. The first-order valence-electron chi connectivity index (χ1n) is 17.2. The lowest BCUT2D eigenvalue weighted by Crippen LogP contribution is -2.03. The van der Waals surface area contributed by atoms with Crippen LogP contribution in [0.25, 0.3) is 0 Å². The highest BCUT2D eigenvalue weighted by Gasteiger charge is 2.10. The molecular formula is C42H39I2N11O2. The van der Waals surface area contributed by atoms with E-state index in [9.17, 15) is 0 Å². The first-order chi connectivity index (χ1) is 27.0. The predicted molar refractivity (Wildman–Crippen MR) is 245 cm³/mol. The minimum atomic E-state index is 0. The van der Waals surface area contributed by atoms with Crippen molar-refractivity contribution < 1.29 is 9.47 Å². The van der Waals surface area contributed by atoms with E-state index in [0.29, 0.717) is 49.6 Å². The van der Waals surface area contributed by atoms with Gasteiger partial charge in [0.25, 0.3) is 0 Å². The fourth-order valence-corrected chi connectivity index (χ4v) is 5.39. The predicted octanol–water partition coefficient (Wildman–Crippen LogP) is 9.42. The molecule has 0 aliphatic carbocycles. The van der Waals surface area contributed by atoms with Gasteiger partial charge in [0.1, 0.15) is 56.4 Å². The molecule has 4 aromatic heterocycles. The fourth-order valence-electron chi connectivity index (χ4n) is 5.01. The van der Waals surface area contributed by atoms with Crippen LogP contribution < -0.4 is 37.3 Å². The number of ether oxygens (including phenoxy) is 2. The SMILES string of the molecule is Cc1ccc(Oc2ccc(Nc3ncnc(C#Cc4ccc(N)cc4)c3N)cc2C)cn1.Cc1ccc(Oc2ccc(Nc3ncnc(I)c3N)cc2C)cn1.I. The van der Waals surface area contributed by atoms with E-state index < -0.39 is 0 Å². The molecule has 0 unspecified atom stereocenters. The van der Waals surface area contributed by atoms with Gasteiger partial charge in [0.15, 0.2) is 11.6 Å². The molecule has 0 aliphatic rings. The van der Waals surface area contributed by atoms with Crippen LogP contribution in [-0.4, -0.2) is 29.9 Å². The van der Waals surface area contributed by atoms with Crippen molar-refractivity contribution in [2.45, 2.75) is 27.7 Å². The summed E-state index contributed by atoms with van der Waals surface area (Å²) < 4.78 is 12.5. The highest BCUT2D eigenvalue weighted by atomic mass is 127. The van der Waals surface area contributed by atoms with Gasteiger partial charge in [-0.15, -0.1) is 24.0 Å². The van der Waals surface area contributed by atoms with E-state index in [4.69, 9.17) is 26.7 Å². The van der Waals surface area contributed by atoms with Crippen molar-refractivity contribution >= 4 is 86.6 Å². The summed E-state index contributed by atoms with van der Waals surface area (Å²) in [5, 5.41) is 6.43. The van der Waals surface area contributed by atoms with Crippen molar-refractivity contribution in [1.29, 1.82) is 0 Å². The molecule has 0 radical (unpaired) electrons. The molecule has 0 bridgehead atoms. The Kier molecular flexibility index (Phi) is 14.4. The van der Waals surface area contributed by atoms with E-state index in [2.05, 4.69) is 75.0 Å². The molecule has 7 aromatic rings. The molecule has 7 rings (SSSR count). The van der Waals surface area contributed by atoms with Crippen molar-refractivity contribution in [3.05, 3.63) is 147 Å². The Balaban J connectivity index is 0.000000222. The van der Waals surface area contributed by atoms with Crippen LogP contribution in [-0.2, 0) is 0 Å². The number of benzene rings is 3. The monoisotopic (exact) mass is 983 g/mol. The smallest absolute Gasteiger partial charge is 0.158 e. The topological polar surface area (TPSA) is 198 Å². The third kappa shape index (κ3) is 11.6. The number of nitrogens with zero attached hydrogens (tertiary/aromatic N) is 6. The maximum Gasteiger partial charge on any atom is 0.158 e. The van der Waals surface area contributed by atoms with Crippen LogP contribution in [0.2, 0.25) is 0 Å². The Morgan fingerprint density at radius 2 is 1.07 bits per heavy atom. The zero-order valence-corrected chi connectivity index (χ0v) is 35.9. The molecule has 15 heteroatoms. The number of nitrogens with one attached hydrogen (secondary N) is 2.